The Hall–Kier alpha value is -5.09. The molecule has 0 radical (unpaired) electrons. The van der Waals surface area contributed by atoms with Crippen molar-refractivity contribution in [1.29, 1.82) is 0 Å². The summed E-state index contributed by atoms with van der Waals surface area (Å²) in [5.74, 6) is -1.57. The minimum absolute atomic E-state index is 0.0902. The monoisotopic (exact) mass is 1820 g/mol. The highest BCUT2D eigenvalue weighted by Gasteiger charge is 2.30. The van der Waals surface area contributed by atoms with Crippen molar-refractivity contribution in [3.05, 3.63) is 170 Å². The van der Waals surface area contributed by atoms with Gasteiger partial charge in [0, 0.05) is 19.3 Å². The van der Waals surface area contributed by atoms with E-state index in [0.717, 1.165) is 173 Å². The summed E-state index contributed by atoms with van der Waals surface area (Å²) in [7, 11) is -9.82. The molecule has 0 spiro atoms. The number of allylic oxidation sites excluding steroid dienone is 28. The van der Waals surface area contributed by atoms with Crippen molar-refractivity contribution >= 4 is 33.6 Å². The van der Waals surface area contributed by atoms with Gasteiger partial charge >= 0.3 is 33.6 Å². The summed E-state index contributed by atoms with van der Waals surface area (Å²) < 4.78 is 61.7. The summed E-state index contributed by atoms with van der Waals surface area (Å²) in [5.41, 5.74) is 0. The summed E-state index contributed by atoms with van der Waals surface area (Å²) in [4.78, 5) is 59.2. The number of carbonyl (C=O) groups excluding carboxylic acids is 3. The lowest BCUT2D eigenvalue weighted by Gasteiger charge is -2.21. The molecule has 0 amide bonds. The minimum atomic E-state index is -4.95. The van der Waals surface area contributed by atoms with Crippen LogP contribution in [0.5, 0.6) is 0 Å². The molecule has 0 aliphatic carbocycles. The molecule has 730 valence electrons. The van der Waals surface area contributed by atoms with E-state index in [9.17, 15) is 43.5 Å². The maximum Gasteiger partial charge on any atom is 0.472 e. The van der Waals surface area contributed by atoms with E-state index in [1.54, 1.807) is 0 Å². The van der Waals surface area contributed by atoms with Crippen LogP contribution >= 0.6 is 15.6 Å². The van der Waals surface area contributed by atoms with Crippen LogP contribution in [0.4, 0.5) is 0 Å². The van der Waals surface area contributed by atoms with Gasteiger partial charge in [-0.25, -0.2) is 9.13 Å². The van der Waals surface area contributed by atoms with Crippen molar-refractivity contribution in [2.24, 2.45) is 0 Å². The molecule has 18 heteroatoms. The van der Waals surface area contributed by atoms with Crippen LogP contribution in [0.2, 0.25) is 0 Å². The number of rotatable bonds is 97. The topological polar surface area (TPSA) is 231 Å². The largest absolute Gasteiger partial charge is 0.472 e. The number of hydrogen-bond donors (Lipinski definition) is 4. The predicted octanol–water partition coefficient (Wildman–Crippen LogP) is 32.6. The Kier molecular flexibility index (Phi) is 95.9. The molecule has 0 rings (SSSR count). The number of carbonyl (C=O) groups is 3. The number of esters is 3. The first-order chi connectivity index (χ1) is 62.2. The smallest absolute Gasteiger partial charge is 0.463 e. The van der Waals surface area contributed by atoms with Crippen molar-refractivity contribution in [3.8, 4) is 0 Å². The molecular formula is C109H188O16P2. The minimum Gasteiger partial charge on any atom is -0.463 e. The summed E-state index contributed by atoms with van der Waals surface area (Å²) in [5, 5.41) is 20.8. The fraction of sp³-hybridized carbons (Fsp3) is 0.716. The van der Waals surface area contributed by atoms with Crippen LogP contribution in [-0.4, -0.2) is 95.9 Å². The zero-order valence-electron chi connectivity index (χ0n) is 80.9. The van der Waals surface area contributed by atoms with Crippen molar-refractivity contribution < 1.29 is 75.8 Å². The fourth-order valence-corrected chi connectivity index (χ4v) is 15.7. The van der Waals surface area contributed by atoms with E-state index in [1.807, 2.05) is 0 Å². The van der Waals surface area contributed by atoms with Gasteiger partial charge in [-0.05, 0) is 161 Å². The highest BCUT2D eigenvalue weighted by molar-refractivity contribution is 7.47. The third kappa shape index (κ3) is 101. The van der Waals surface area contributed by atoms with E-state index in [4.69, 9.17) is 32.3 Å². The van der Waals surface area contributed by atoms with Gasteiger partial charge in [-0.1, -0.05) is 435 Å². The van der Waals surface area contributed by atoms with Gasteiger partial charge in [-0.15, -0.1) is 0 Å². The summed E-state index contributed by atoms with van der Waals surface area (Å²) in [6.45, 7) is 2.57. The standard InChI is InChI=1S/C109H188O16P2/c1-4-7-10-13-16-19-22-25-28-31-34-37-40-43-46-48-49-50-51-52-53-55-58-59-62-65-68-71-74-77-80-83-86-89-92-95-107(112)119-98-104(110)99-121-126(115,116)122-100-105(111)101-123-127(117,118)124-103-106(125-109(114)97-94-91-88-85-82-79-76-73-70-67-64-61-56-45-42-39-36-33-30-27-24-21-18-15-12-9-6-3)102-120-108(113)96-93-90-87-84-81-78-75-72-69-66-63-60-57-54-47-44-41-38-35-32-29-26-23-20-17-14-11-8-5-2/h9,12,16-21,25-30,34-39,43-47,56,64,67,104-106,110-111H,4-8,10-11,13-15,22-24,31-33,40-42,48-55,57-63,65-66,68-103H2,1-3H3,(H,115,116)(H,117,118)/b12-9-,19-16-,20-17-,21-18-,28-25-,29-26-,30-27-,37-34-,38-35-,39-36-,46-43-,47-44-,56-45-,67-64-. The molecule has 0 heterocycles. The second kappa shape index (κ2) is 99.9. The van der Waals surface area contributed by atoms with Crippen LogP contribution in [-0.2, 0) is 55.8 Å². The highest BCUT2D eigenvalue weighted by atomic mass is 31.2. The van der Waals surface area contributed by atoms with Crippen LogP contribution in [0.1, 0.15) is 445 Å². The first-order valence-corrected chi connectivity index (χ1v) is 54.4. The number of phosphoric acid groups is 2. The van der Waals surface area contributed by atoms with Gasteiger partial charge < -0.3 is 34.2 Å². The molecule has 0 bridgehead atoms. The fourth-order valence-electron chi connectivity index (χ4n) is 14.1. The third-order valence-corrected chi connectivity index (χ3v) is 23.8. The van der Waals surface area contributed by atoms with Gasteiger partial charge in [0.2, 0.25) is 0 Å². The molecule has 16 nitrogen and oxygen atoms in total. The van der Waals surface area contributed by atoms with E-state index in [1.165, 1.54) is 212 Å². The molecular weight excluding hydrogens is 1630 g/mol. The second-order valence-corrected chi connectivity index (χ2v) is 37.2. The van der Waals surface area contributed by atoms with Gasteiger partial charge in [-0.3, -0.25) is 32.5 Å². The number of unbranched alkanes of at least 4 members (excludes halogenated alkanes) is 46. The number of hydrogen-bond acceptors (Lipinski definition) is 14. The molecule has 5 atom stereocenters. The number of aliphatic hydroxyl groups excluding tert-OH is 2. The highest BCUT2D eigenvalue weighted by Crippen LogP contribution is 2.45. The average Bonchev–Trinajstić information content (AvgIpc) is 0.897. The Morgan fingerprint density at radius 2 is 0.417 bits per heavy atom. The number of ether oxygens (including phenoxy) is 3. The first kappa shape index (κ1) is 122. The maximum atomic E-state index is 13.1. The van der Waals surface area contributed by atoms with Crippen molar-refractivity contribution in [2.75, 3.05) is 39.6 Å². The first-order valence-electron chi connectivity index (χ1n) is 51.4. The van der Waals surface area contributed by atoms with Crippen LogP contribution < -0.4 is 0 Å². The van der Waals surface area contributed by atoms with E-state index in [2.05, 4.69) is 191 Å². The Labute approximate surface area is 777 Å². The average molecular weight is 1820 g/mol. The van der Waals surface area contributed by atoms with E-state index < -0.39 is 91.5 Å². The Balaban J connectivity index is 4.59. The predicted molar refractivity (Wildman–Crippen MR) is 537 cm³/mol. The molecule has 127 heavy (non-hydrogen) atoms. The van der Waals surface area contributed by atoms with Crippen molar-refractivity contribution in [2.45, 2.75) is 463 Å². The summed E-state index contributed by atoms with van der Waals surface area (Å²) >= 11 is 0. The molecule has 0 aliphatic rings. The quantitative estimate of drug-likeness (QED) is 0.0146. The van der Waals surface area contributed by atoms with Gasteiger partial charge in [-0.2, -0.15) is 0 Å². The SMILES string of the molecule is CC/C=C\C/C=C\C/C=C\C/C=C\C/C=C\C/C=C\CCCCCCCCCCC(=O)OC(COC(=O)CCCCCCCCCCCCCCC/C=C\C/C=C\C/C=C\C/C=C\CCCCC)COP(=O)(O)OCC(O)COP(=O)(O)OCC(O)COC(=O)CCCCCCCCCCCCCCCCCCCCC/C=C\C/C=C\C/C=C\C/C=C\CCCCC. The van der Waals surface area contributed by atoms with Crippen molar-refractivity contribution in [3.63, 3.8) is 0 Å². The molecule has 0 aliphatic heterocycles. The molecule has 4 N–H and O–H groups in total. The van der Waals surface area contributed by atoms with Crippen LogP contribution in [0.15, 0.2) is 170 Å². The lowest BCUT2D eigenvalue weighted by molar-refractivity contribution is -0.161. The van der Waals surface area contributed by atoms with Gasteiger partial charge in [0.05, 0.1) is 26.4 Å². The Morgan fingerprint density at radius 3 is 0.661 bits per heavy atom. The Bertz CT molecular complexity index is 2990. The normalized spacial score (nSPS) is 14.4. The molecule has 0 aromatic rings. The molecule has 0 aromatic carbocycles. The van der Waals surface area contributed by atoms with Crippen molar-refractivity contribution in [1.82, 2.24) is 0 Å². The lowest BCUT2D eigenvalue weighted by atomic mass is 10.0. The van der Waals surface area contributed by atoms with Gasteiger partial charge in [0.1, 0.15) is 25.4 Å². The Morgan fingerprint density at radius 1 is 0.228 bits per heavy atom. The third-order valence-electron chi connectivity index (χ3n) is 21.9. The van der Waals surface area contributed by atoms with Gasteiger partial charge in [0.25, 0.3) is 0 Å². The lowest BCUT2D eigenvalue weighted by Crippen LogP contribution is -2.30. The maximum absolute atomic E-state index is 13.1. The zero-order valence-corrected chi connectivity index (χ0v) is 82.7. The second-order valence-electron chi connectivity index (χ2n) is 34.3. The molecule has 0 fully saturated rings. The molecule has 5 unspecified atom stereocenters. The summed E-state index contributed by atoms with van der Waals surface area (Å²) in [6, 6.07) is 0. The van der Waals surface area contributed by atoms with Crippen LogP contribution in [0, 0.1) is 0 Å². The zero-order chi connectivity index (χ0) is 92.1. The molecule has 0 saturated heterocycles. The van der Waals surface area contributed by atoms with E-state index in [-0.39, 0.29) is 19.3 Å². The van der Waals surface area contributed by atoms with E-state index >= 15 is 0 Å². The van der Waals surface area contributed by atoms with Crippen LogP contribution in [0.3, 0.4) is 0 Å². The number of aliphatic hydroxyl groups is 2. The summed E-state index contributed by atoms with van der Waals surface area (Å²) in [6.07, 6.45) is 131. The van der Waals surface area contributed by atoms with Gasteiger partial charge in [0.15, 0.2) is 6.10 Å². The molecule has 0 aromatic heterocycles. The molecule has 0 saturated carbocycles. The van der Waals surface area contributed by atoms with Crippen LogP contribution in [0.25, 0.3) is 0 Å². The number of phosphoric ester groups is 2. The van der Waals surface area contributed by atoms with E-state index in [0.29, 0.717) is 19.3 Å².